The first-order valence-corrected chi connectivity index (χ1v) is 7.59. The lowest BCUT2D eigenvalue weighted by atomic mass is 10.0. The van der Waals surface area contributed by atoms with Crippen LogP contribution in [0.3, 0.4) is 0 Å². The zero-order chi connectivity index (χ0) is 12.5. The molecule has 1 aromatic rings. The molecule has 4 nitrogen and oxygen atoms in total. The van der Waals surface area contributed by atoms with E-state index in [1.54, 1.807) is 11.3 Å². The highest BCUT2D eigenvalue weighted by Crippen LogP contribution is 2.29. The van der Waals surface area contributed by atoms with Crippen molar-refractivity contribution < 1.29 is 4.74 Å². The molecule has 2 atom stereocenters. The second kappa shape index (κ2) is 5.25. The third-order valence-corrected chi connectivity index (χ3v) is 4.52. The second-order valence-corrected chi connectivity index (χ2v) is 6.37. The molecule has 1 aliphatic heterocycles. The number of nitrogens with zero attached hydrogens (tertiary/aromatic N) is 2. The number of nitrogens with one attached hydrogen (secondary N) is 1. The molecule has 1 N–H and O–H groups in total. The van der Waals surface area contributed by atoms with E-state index in [9.17, 15) is 0 Å². The largest absolute Gasteiger partial charge is 0.374 e. The fourth-order valence-electron chi connectivity index (χ4n) is 2.54. The fourth-order valence-corrected chi connectivity index (χ4v) is 3.18. The van der Waals surface area contributed by atoms with Gasteiger partial charge in [-0.1, -0.05) is 0 Å². The lowest BCUT2D eigenvalue weighted by Crippen LogP contribution is -2.47. The molecule has 2 unspecified atom stereocenters. The molecular weight excluding hydrogens is 246 g/mol. The van der Waals surface area contributed by atoms with Crippen LogP contribution in [0.2, 0.25) is 0 Å². The summed E-state index contributed by atoms with van der Waals surface area (Å²) < 4.78 is 5.96. The van der Waals surface area contributed by atoms with E-state index in [2.05, 4.69) is 34.6 Å². The van der Waals surface area contributed by atoms with Gasteiger partial charge in [0.05, 0.1) is 29.5 Å². The Labute approximate surface area is 112 Å². The van der Waals surface area contributed by atoms with E-state index in [1.165, 1.54) is 18.5 Å². The van der Waals surface area contributed by atoms with Gasteiger partial charge in [0.1, 0.15) is 0 Å². The van der Waals surface area contributed by atoms with E-state index in [4.69, 9.17) is 4.74 Å². The standard InChI is InChI=1S/C13H21N3OS/c1-9-15-11(8-18-9)13-12(7-14-10-3-4-10)17-6-5-16(13)2/h8,10,12-14H,3-7H2,1-2H3. The minimum Gasteiger partial charge on any atom is -0.374 e. The number of aromatic nitrogens is 1. The summed E-state index contributed by atoms with van der Waals surface area (Å²) in [5.74, 6) is 0. The van der Waals surface area contributed by atoms with Crippen LogP contribution in [-0.4, -0.2) is 48.8 Å². The summed E-state index contributed by atoms with van der Waals surface area (Å²) in [5, 5.41) is 6.89. The highest BCUT2D eigenvalue weighted by Gasteiger charge is 2.34. The predicted octanol–water partition coefficient (Wildman–Crippen LogP) is 1.58. The summed E-state index contributed by atoms with van der Waals surface area (Å²) in [4.78, 5) is 7.02. The van der Waals surface area contributed by atoms with Crippen molar-refractivity contribution >= 4 is 11.3 Å². The summed E-state index contributed by atoms with van der Waals surface area (Å²) in [6.07, 6.45) is 2.87. The smallest absolute Gasteiger partial charge is 0.0912 e. The lowest BCUT2D eigenvalue weighted by molar-refractivity contribution is -0.0626. The predicted molar refractivity (Wildman–Crippen MR) is 73.0 cm³/mol. The van der Waals surface area contributed by atoms with E-state index < -0.39 is 0 Å². The molecule has 1 aliphatic carbocycles. The molecule has 2 aliphatic rings. The van der Waals surface area contributed by atoms with Gasteiger partial charge in [-0.25, -0.2) is 4.98 Å². The number of rotatable bonds is 4. The molecule has 18 heavy (non-hydrogen) atoms. The number of aryl methyl sites for hydroxylation is 1. The maximum atomic E-state index is 5.96. The van der Waals surface area contributed by atoms with Gasteiger partial charge >= 0.3 is 0 Å². The summed E-state index contributed by atoms with van der Waals surface area (Å²) in [5.41, 5.74) is 1.17. The zero-order valence-corrected chi connectivity index (χ0v) is 11.9. The van der Waals surface area contributed by atoms with Gasteiger partial charge in [-0.15, -0.1) is 11.3 Å². The Morgan fingerprint density at radius 3 is 3.06 bits per heavy atom. The normalized spacial score (nSPS) is 29.7. The molecule has 5 heteroatoms. The Morgan fingerprint density at radius 2 is 2.39 bits per heavy atom. The molecule has 2 fully saturated rings. The Balaban J connectivity index is 1.71. The first kappa shape index (κ1) is 12.5. The number of thiazole rings is 1. The van der Waals surface area contributed by atoms with Crippen LogP contribution in [0.4, 0.5) is 0 Å². The van der Waals surface area contributed by atoms with Gasteiger partial charge in [0, 0.05) is 24.5 Å². The van der Waals surface area contributed by atoms with Crippen LogP contribution in [0.15, 0.2) is 5.38 Å². The number of morpholine rings is 1. The van der Waals surface area contributed by atoms with Gasteiger partial charge in [0.15, 0.2) is 0 Å². The molecule has 0 aromatic carbocycles. The van der Waals surface area contributed by atoms with Crippen LogP contribution in [0.5, 0.6) is 0 Å². The topological polar surface area (TPSA) is 37.4 Å². The average molecular weight is 267 g/mol. The Bertz CT molecular complexity index is 405. The minimum atomic E-state index is 0.228. The quantitative estimate of drug-likeness (QED) is 0.898. The number of ether oxygens (including phenoxy) is 1. The number of likely N-dealkylation sites (N-methyl/N-ethyl adjacent to an activating group) is 1. The molecular formula is C13H21N3OS. The minimum absolute atomic E-state index is 0.228. The van der Waals surface area contributed by atoms with Gasteiger partial charge in [-0.05, 0) is 26.8 Å². The van der Waals surface area contributed by atoms with Crippen LogP contribution in [0.1, 0.15) is 29.6 Å². The van der Waals surface area contributed by atoms with Crippen LogP contribution < -0.4 is 5.32 Å². The SMILES string of the molecule is Cc1nc(C2C(CNC3CC3)OCCN2C)cs1. The zero-order valence-electron chi connectivity index (χ0n) is 11.1. The average Bonchev–Trinajstić information content (AvgIpc) is 3.09. The molecule has 0 spiro atoms. The fraction of sp³-hybridized carbons (Fsp3) is 0.769. The van der Waals surface area contributed by atoms with Crippen LogP contribution in [0.25, 0.3) is 0 Å². The van der Waals surface area contributed by atoms with Crippen molar-refractivity contribution in [2.45, 2.75) is 38.0 Å². The molecule has 1 saturated carbocycles. The van der Waals surface area contributed by atoms with Crippen molar-refractivity contribution in [2.24, 2.45) is 0 Å². The summed E-state index contributed by atoms with van der Waals surface area (Å²) in [6.45, 7) is 4.82. The molecule has 1 aromatic heterocycles. The van der Waals surface area contributed by atoms with E-state index in [1.807, 2.05) is 0 Å². The first-order chi connectivity index (χ1) is 8.74. The highest BCUT2D eigenvalue weighted by atomic mass is 32.1. The Kier molecular flexibility index (Phi) is 3.66. The Morgan fingerprint density at radius 1 is 1.56 bits per heavy atom. The molecule has 0 amide bonds. The monoisotopic (exact) mass is 267 g/mol. The van der Waals surface area contributed by atoms with Crippen LogP contribution >= 0.6 is 11.3 Å². The highest BCUT2D eigenvalue weighted by molar-refractivity contribution is 7.09. The number of hydrogen-bond acceptors (Lipinski definition) is 5. The summed E-state index contributed by atoms with van der Waals surface area (Å²) in [7, 11) is 2.17. The third kappa shape index (κ3) is 2.74. The van der Waals surface area contributed by atoms with Gasteiger partial charge in [-0.3, -0.25) is 4.90 Å². The molecule has 1 saturated heterocycles. The summed E-state index contributed by atoms with van der Waals surface area (Å²) >= 11 is 1.73. The molecule has 2 heterocycles. The second-order valence-electron chi connectivity index (χ2n) is 5.31. The maximum absolute atomic E-state index is 5.96. The van der Waals surface area contributed by atoms with Crippen molar-refractivity contribution in [3.63, 3.8) is 0 Å². The Hall–Kier alpha value is -0.490. The molecule has 3 rings (SSSR count). The summed E-state index contributed by atoms with van der Waals surface area (Å²) in [6, 6.07) is 1.04. The molecule has 0 radical (unpaired) electrons. The van der Waals surface area contributed by atoms with Crippen molar-refractivity contribution in [2.75, 3.05) is 26.7 Å². The van der Waals surface area contributed by atoms with E-state index >= 15 is 0 Å². The van der Waals surface area contributed by atoms with Gasteiger partial charge in [-0.2, -0.15) is 0 Å². The van der Waals surface area contributed by atoms with E-state index in [-0.39, 0.29) is 6.10 Å². The van der Waals surface area contributed by atoms with Crippen LogP contribution in [0, 0.1) is 6.92 Å². The van der Waals surface area contributed by atoms with Crippen molar-refractivity contribution in [3.8, 4) is 0 Å². The third-order valence-electron chi connectivity index (χ3n) is 3.73. The molecule has 100 valence electrons. The van der Waals surface area contributed by atoms with Gasteiger partial charge in [0.25, 0.3) is 0 Å². The molecule has 0 bridgehead atoms. The van der Waals surface area contributed by atoms with Crippen molar-refractivity contribution in [3.05, 3.63) is 16.1 Å². The van der Waals surface area contributed by atoms with Gasteiger partial charge < -0.3 is 10.1 Å². The first-order valence-electron chi connectivity index (χ1n) is 6.71. The van der Waals surface area contributed by atoms with Crippen LogP contribution in [-0.2, 0) is 4.74 Å². The van der Waals surface area contributed by atoms with Crippen molar-refractivity contribution in [1.82, 2.24) is 15.2 Å². The van der Waals surface area contributed by atoms with Gasteiger partial charge in [0.2, 0.25) is 0 Å². The van der Waals surface area contributed by atoms with E-state index in [0.29, 0.717) is 6.04 Å². The lowest BCUT2D eigenvalue weighted by Gasteiger charge is -2.38. The number of hydrogen-bond donors (Lipinski definition) is 1. The van der Waals surface area contributed by atoms with E-state index in [0.717, 1.165) is 30.7 Å². The van der Waals surface area contributed by atoms with Crippen molar-refractivity contribution in [1.29, 1.82) is 0 Å². The maximum Gasteiger partial charge on any atom is 0.0912 e.